The second kappa shape index (κ2) is 14.9. The molecule has 0 fully saturated rings. The van der Waals surface area contributed by atoms with Gasteiger partial charge in [0.15, 0.2) is 9.86 Å². The molecule has 18 heteroatoms. The minimum absolute atomic E-state index is 0.0672. The zero-order valence-corrected chi connectivity index (χ0v) is 26.5. The Hall–Kier alpha value is -4.41. The number of ether oxygens (including phenoxy) is 3. The number of hydrogen-bond acceptors (Lipinski definition) is 11. The number of alkyl halides is 2. The molecule has 3 heterocycles. The third kappa shape index (κ3) is 8.36. The van der Waals surface area contributed by atoms with Crippen LogP contribution in [0.3, 0.4) is 0 Å². The van der Waals surface area contributed by atoms with E-state index in [1.54, 1.807) is 9.62 Å². The van der Waals surface area contributed by atoms with E-state index >= 15 is 0 Å². The molecular weight excluding hydrogens is 641 g/mol. The molecule has 4 rings (SSSR count). The maximum atomic E-state index is 12.5. The summed E-state index contributed by atoms with van der Waals surface area (Å²) in [5.74, 6) is -0.291. The fourth-order valence-electron chi connectivity index (χ4n) is 3.72. The van der Waals surface area contributed by atoms with Crippen molar-refractivity contribution in [3.8, 4) is 17.5 Å². The molecule has 236 valence electrons. The number of sulfonamides is 1. The van der Waals surface area contributed by atoms with E-state index in [0.717, 1.165) is 5.69 Å². The van der Waals surface area contributed by atoms with Crippen LogP contribution in [0.15, 0.2) is 53.7 Å². The fourth-order valence-corrected chi connectivity index (χ4v) is 4.96. The topological polar surface area (TPSA) is 182 Å². The fraction of sp³-hybridized carbons (Fsp3) is 0.308. The van der Waals surface area contributed by atoms with Crippen LogP contribution >= 0.6 is 23.2 Å². The highest BCUT2D eigenvalue weighted by Crippen LogP contribution is 2.34. The summed E-state index contributed by atoms with van der Waals surface area (Å²) in [4.78, 5) is 49.3. The van der Waals surface area contributed by atoms with Crippen LogP contribution in [0.1, 0.15) is 17.3 Å². The molecule has 2 aromatic heterocycles. The summed E-state index contributed by atoms with van der Waals surface area (Å²) in [5.41, 5.74) is 0.532. The number of methoxy groups -OCH3 is 2. The zero-order chi connectivity index (χ0) is 32.6. The first-order chi connectivity index (χ1) is 20.8. The van der Waals surface area contributed by atoms with Crippen LogP contribution in [0.5, 0.6) is 17.5 Å². The molecule has 4 amide bonds. The van der Waals surface area contributed by atoms with Crippen LogP contribution in [0, 0.1) is 0 Å². The van der Waals surface area contributed by atoms with Gasteiger partial charge in [0, 0.05) is 20.3 Å². The summed E-state index contributed by atoms with van der Waals surface area (Å²) in [5, 5.41) is 1.56. The average Bonchev–Trinajstić information content (AvgIpc) is 2.99. The van der Waals surface area contributed by atoms with E-state index in [1.807, 2.05) is 31.2 Å². The van der Waals surface area contributed by atoms with Crippen LogP contribution in [0.2, 0.25) is 0 Å². The van der Waals surface area contributed by atoms with Crippen molar-refractivity contribution in [2.24, 2.45) is 0 Å². The predicted octanol–water partition coefficient (Wildman–Crippen LogP) is 2.71. The van der Waals surface area contributed by atoms with Crippen molar-refractivity contribution in [2.75, 3.05) is 45.1 Å². The normalized spacial score (nSPS) is 13.8. The Morgan fingerprint density at radius 1 is 1.07 bits per heavy atom. The quantitative estimate of drug-likeness (QED) is 0.353. The van der Waals surface area contributed by atoms with Gasteiger partial charge in [0.2, 0.25) is 17.7 Å². The molecule has 1 unspecified atom stereocenters. The van der Waals surface area contributed by atoms with Gasteiger partial charge in [-0.05, 0) is 31.2 Å². The second-order valence-corrected chi connectivity index (χ2v) is 11.7. The lowest BCUT2D eigenvalue weighted by Gasteiger charge is -2.35. The van der Waals surface area contributed by atoms with Crippen molar-refractivity contribution in [1.29, 1.82) is 0 Å². The maximum absolute atomic E-state index is 12.5. The number of rotatable bonds is 7. The van der Waals surface area contributed by atoms with E-state index < -0.39 is 31.8 Å². The average molecular weight is 671 g/mol. The number of hydrogen-bond donors (Lipinski definition) is 2. The Balaban J connectivity index is 0.000000278. The van der Waals surface area contributed by atoms with Crippen LogP contribution < -0.4 is 29.1 Å². The van der Waals surface area contributed by atoms with Crippen molar-refractivity contribution >= 4 is 62.7 Å². The number of pyridine rings is 1. The molecule has 15 nitrogen and oxygen atoms in total. The van der Waals surface area contributed by atoms with Gasteiger partial charge in [-0.25, -0.2) is 14.5 Å². The number of aromatic nitrogens is 3. The van der Waals surface area contributed by atoms with Gasteiger partial charge >= 0.3 is 6.03 Å². The van der Waals surface area contributed by atoms with Crippen LogP contribution in [0.25, 0.3) is 0 Å². The van der Waals surface area contributed by atoms with E-state index in [0.29, 0.717) is 12.4 Å². The Bertz CT molecular complexity index is 1600. The third-order valence-electron chi connectivity index (χ3n) is 5.68. The van der Waals surface area contributed by atoms with E-state index in [2.05, 4.69) is 20.3 Å². The highest BCUT2D eigenvalue weighted by atomic mass is 35.5. The molecule has 44 heavy (non-hydrogen) atoms. The number of benzene rings is 1. The number of amides is 4. The van der Waals surface area contributed by atoms with Gasteiger partial charge in [0.25, 0.3) is 21.8 Å². The van der Waals surface area contributed by atoms with Crippen LogP contribution in [-0.4, -0.2) is 91.9 Å². The maximum Gasteiger partial charge on any atom is 0.335 e. The Morgan fingerprint density at radius 2 is 1.70 bits per heavy atom. The van der Waals surface area contributed by atoms with Gasteiger partial charge in [-0.2, -0.15) is 18.4 Å². The molecular formula is C26H29Cl2N7O8S. The number of anilines is 2. The summed E-state index contributed by atoms with van der Waals surface area (Å²) >= 11 is 11.3. The lowest BCUT2D eigenvalue weighted by Crippen LogP contribution is -2.47. The number of fused-ring (bicyclic) bond motifs is 1. The Morgan fingerprint density at radius 3 is 2.30 bits per heavy atom. The van der Waals surface area contributed by atoms with Crippen molar-refractivity contribution in [3.63, 3.8) is 0 Å². The predicted molar refractivity (Wildman–Crippen MR) is 161 cm³/mol. The standard InChI is InChI=1S/C15H18N6O6S.C11H11Cl2NO2/c1-21(2)13(22)9-6-5-7-16-12(9)28(24,25)20-15(23)19-14-17-10(26-3)8-11(18-14)27-4;1-7-6-16-9-5-3-2-4-8(9)14(7)11(15)10(12)13/h5-8H,1-4H3,(H2,17,18,19,20,23);2-5,7,10H,6H2,1H3. The largest absolute Gasteiger partial charge is 0.489 e. The zero-order valence-electron chi connectivity index (χ0n) is 24.1. The number of nitrogens with one attached hydrogen (secondary N) is 2. The number of halogens is 2. The summed E-state index contributed by atoms with van der Waals surface area (Å²) in [6, 6.07) is 10.2. The minimum atomic E-state index is -4.46. The monoisotopic (exact) mass is 669 g/mol. The molecule has 1 atom stereocenters. The smallest absolute Gasteiger partial charge is 0.335 e. The number of carbonyl (C=O) groups excluding carboxylic acids is 3. The van der Waals surface area contributed by atoms with Crippen molar-refractivity contribution in [2.45, 2.75) is 22.8 Å². The van der Waals surface area contributed by atoms with E-state index in [-0.39, 0.29) is 35.2 Å². The lowest BCUT2D eigenvalue weighted by atomic mass is 10.1. The molecule has 0 saturated carbocycles. The van der Waals surface area contributed by atoms with Gasteiger partial charge in [-0.1, -0.05) is 35.3 Å². The van der Waals surface area contributed by atoms with E-state index in [4.69, 9.17) is 37.4 Å². The van der Waals surface area contributed by atoms with Gasteiger partial charge in [0.05, 0.1) is 37.6 Å². The molecule has 1 aliphatic rings. The Labute approximate surface area is 263 Å². The van der Waals surface area contributed by atoms with Crippen LogP contribution in [-0.2, 0) is 14.8 Å². The van der Waals surface area contributed by atoms with E-state index in [9.17, 15) is 22.8 Å². The summed E-state index contributed by atoms with van der Waals surface area (Å²) in [6.45, 7) is 2.34. The lowest BCUT2D eigenvalue weighted by molar-refractivity contribution is -0.117. The molecule has 1 aliphatic heterocycles. The summed E-state index contributed by atoms with van der Waals surface area (Å²) in [7, 11) is 1.15. The molecule has 1 aromatic carbocycles. The molecule has 0 radical (unpaired) electrons. The molecule has 0 aliphatic carbocycles. The first-order valence-electron chi connectivity index (χ1n) is 12.6. The molecule has 0 spiro atoms. The van der Waals surface area contributed by atoms with Crippen molar-refractivity contribution < 1.29 is 37.0 Å². The SMILES string of the molecule is CC1COc2ccccc2N1C(=O)C(Cl)Cl.COc1cc(OC)nc(NC(=O)NS(=O)(=O)c2ncccc2C(=O)N(C)C)n1. The number of carbonyl (C=O) groups is 3. The van der Waals surface area contributed by atoms with Gasteiger partial charge < -0.3 is 24.0 Å². The molecule has 2 N–H and O–H groups in total. The van der Waals surface area contributed by atoms with Crippen LogP contribution in [0.4, 0.5) is 16.4 Å². The minimum Gasteiger partial charge on any atom is -0.489 e. The van der Waals surface area contributed by atoms with Crippen molar-refractivity contribution in [1.82, 2.24) is 24.6 Å². The van der Waals surface area contributed by atoms with Gasteiger partial charge in [0.1, 0.15) is 12.4 Å². The first-order valence-corrected chi connectivity index (χ1v) is 14.9. The molecule has 0 bridgehead atoms. The Kier molecular flexibility index (Phi) is 11.5. The second-order valence-electron chi connectivity index (χ2n) is 9.03. The third-order valence-corrected chi connectivity index (χ3v) is 7.34. The van der Waals surface area contributed by atoms with Crippen molar-refractivity contribution in [3.05, 3.63) is 54.2 Å². The van der Waals surface area contributed by atoms with Gasteiger partial charge in [-0.3, -0.25) is 14.9 Å². The summed E-state index contributed by atoms with van der Waals surface area (Å²) in [6.07, 6.45) is 1.19. The number of nitrogens with zero attached hydrogens (tertiary/aromatic N) is 5. The highest BCUT2D eigenvalue weighted by molar-refractivity contribution is 7.90. The summed E-state index contributed by atoms with van der Waals surface area (Å²) < 4.78 is 42.2. The van der Waals surface area contributed by atoms with Gasteiger partial charge in [-0.15, -0.1) is 0 Å². The highest BCUT2D eigenvalue weighted by Gasteiger charge is 2.32. The number of para-hydroxylation sites is 2. The first kappa shape index (κ1) is 34.1. The van der Waals surface area contributed by atoms with E-state index in [1.165, 1.54) is 57.6 Å². The molecule has 3 aromatic rings. The number of urea groups is 1. The molecule has 0 saturated heterocycles.